The Hall–Kier alpha value is -1.68. The second-order valence-corrected chi connectivity index (χ2v) is 3.97. The van der Waals surface area contributed by atoms with Gasteiger partial charge in [-0.1, -0.05) is 11.6 Å². The lowest BCUT2D eigenvalue weighted by Crippen LogP contribution is -2.00. The number of rotatable bonds is 1. The van der Waals surface area contributed by atoms with Gasteiger partial charge in [-0.25, -0.2) is 4.98 Å². The maximum absolute atomic E-state index is 5.85. The van der Waals surface area contributed by atoms with Gasteiger partial charge in [0.2, 0.25) is 0 Å². The Morgan fingerprint density at radius 3 is 2.50 bits per heavy atom. The molecule has 2 N–H and O–H groups in total. The van der Waals surface area contributed by atoms with Crippen molar-refractivity contribution in [3.63, 3.8) is 0 Å². The molecule has 0 radical (unpaired) electrons. The summed E-state index contributed by atoms with van der Waals surface area (Å²) in [7, 11) is 0. The predicted molar refractivity (Wildman–Crippen MR) is 64.2 cm³/mol. The van der Waals surface area contributed by atoms with Crippen LogP contribution in [0.25, 0.3) is 11.4 Å². The Balaban J connectivity index is 2.54. The van der Waals surface area contributed by atoms with Crippen LogP contribution in [0.5, 0.6) is 0 Å². The van der Waals surface area contributed by atoms with Crippen molar-refractivity contribution < 1.29 is 0 Å². The van der Waals surface area contributed by atoms with E-state index in [1.807, 2.05) is 13.8 Å². The summed E-state index contributed by atoms with van der Waals surface area (Å²) >= 11 is 5.82. The Kier molecular flexibility index (Phi) is 2.75. The fraction of sp³-hybridized carbons (Fsp3) is 0.182. The number of nitrogen functional groups attached to an aromatic ring is 1. The molecule has 1 aromatic heterocycles. The molecule has 0 saturated carbocycles. The molecule has 1 heterocycles. The zero-order chi connectivity index (χ0) is 11.7. The number of aryl methyl sites for hydroxylation is 2. The van der Waals surface area contributed by atoms with Gasteiger partial charge in [0.15, 0.2) is 5.82 Å². The van der Waals surface area contributed by atoms with Gasteiger partial charge in [0.05, 0.1) is 11.4 Å². The lowest BCUT2D eigenvalue weighted by atomic mass is 10.1. The van der Waals surface area contributed by atoms with Crippen molar-refractivity contribution in [2.24, 2.45) is 0 Å². The van der Waals surface area contributed by atoms with Gasteiger partial charge >= 0.3 is 0 Å². The van der Waals surface area contributed by atoms with E-state index in [-0.39, 0.29) is 0 Å². The molecule has 0 unspecified atom stereocenters. The van der Waals surface area contributed by atoms with E-state index >= 15 is 0 Å². The molecular weight excluding hydrogens is 224 g/mol. The van der Waals surface area contributed by atoms with Crippen molar-refractivity contribution in [3.8, 4) is 11.4 Å². The number of hydrogen-bond acceptors (Lipinski definition) is 4. The summed E-state index contributed by atoms with van der Waals surface area (Å²) in [5.74, 6) is 0.525. The molecule has 0 saturated heterocycles. The summed E-state index contributed by atoms with van der Waals surface area (Å²) in [6, 6.07) is 5.23. The van der Waals surface area contributed by atoms with Crippen LogP contribution in [0.1, 0.15) is 11.4 Å². The van der Waals surface area contributed by atoms with Gasteiger partial charge in [-0.05, 0) is 32.0 Å². The highest BCUT2D eigenvalue weighted by molar-refractivity contribution is 6.31. The molecular formula is C11H11ClN4. The highest BCUT2D eigenvalue weighted by atomic mass is 35.5. The Bertz CT molecular complexity index is 540. The number of hydrogen-bond donors (Lipinski definition) is 1. The topological polar surface area (TPSA) is 64.7 Å². The Morgan fingerprint density at radius 2 is 1.88 bits per heavy atom. The van der Waals surface area contributed by atoms with Crippen LogP contribution < -0.4 is 5.73 Å². The van der Waals surface area contributed by atoms with E-state index in [1.165, 1.54) is 0 Å². The number of halogens is 1. The van der Waals surface area contributed by atoms with Crippen molar-refractivity contribution in [1.82, 2.24) is 15.2 Å². The lowest BCUT2D eigenvalue weighted by molar-refractivity contribution is 0.905. The molecule has 82 valence electrons. The first-order valence-electron chi connectivity index (χ1n) is 4.81. The van der Waals surface area contributed by atoms with E-state index in [0.29, 0.717) is 16.5 Å². The number of anilines is 1. The fourth-order valence-electron chi connectivity index (χ4n) is 1.31. The molecule has 0 aliphatic carbocycles. The first kappa shape index (κ1) is 10.8. The smallest absolute Gasteiger partial charge is 0.184 e. The first-order valence-corrected chi connectivity index (χ1v) is 5.19. The van der Waals surface area contributed by atoms with Crippen LogP contribution in [0.15, 0.2) is 18.2 Å². The minimum Gasteiger partial charge on any atom is -0.398 e. The normalized spacial score (nSPS) is 10.4. The summed E-state index contributed by atoms with van der Waals surface area (Å²) in [4.78, 5) is 4.34. The highest BCUT2D eigenvalue weighted by Crippen LogP contribution is 2.25. The van der Waals surface area contributed by atoms with Gasteiger partial charge in [0.25, 0.3) is 0 Å². The minimum atomic E-state index is 0.525. The summed E-state index contributed by atoms with van der Waals surface area (Å²) in [6.45, 7) is 3.75. The summed E-state index contributed by atoms with van der Waals surface area (Å²) < 4.78 is 0. The standard InChI is InChI=1S/C11H11ClN4/c1-6-7(2)15-16-11(14-6)9-4-3-8(12)5-10(9)13/h3-5H,13H2,1-2H3. The van der Waals surface area contributed by atoms with Gasteiger partial charge in [0.1, 0.15) is 0 Å². The largest absolute Gasteiger partial charge is 0.398 e. The van der Waals surface area contributed by atoms with Crippen LogP contribution in [-0.2, 0) is 0 Å². The van der Waals surface area contributed by atoms with Crippen LogP contribution in [0.2, 0.25) is 5.02 Å². The van der Waals surface area contributed by atoms with Gasteiger partial charge < -0.3 is 5.73 Å². The van der Waals surface area contributed by atoms with E-state index in [2.05, 4.69) is 15.2 Å². The van der Waals surface area contributed by atoms with Gasteiger partial charge in [-0.15, -0.1) is 5.10 Å². The van der Waals surface area contributed by atoms with Crippen LogP contribution in [-0.4, -0.2) is 15.2 Å². The van der Waals surface area contributed by atoms with Crippen LogP contribution in [0.3, 0.4) is 0 Å². The molecule has 2 rings (SSSR count). The SMILES string of the molecule is Cc1nnc(-c2ccc(Cl)cc2N)nc1C. The third-order valence-electron chi connectivity index (χ3n) is 2.35. The third-order valence-corrected chi connectivity index (χ3v) is 2.58. The molecule has 0 aliphatic rings. The van der Waals surface area contributed by atoms with Crippen LogP contribution >= 0.6 is 11.6 Å². The average Bonchev–Trinajstić information content (AvgIpc) is 2.22. The van der Waals surface area contributed by atoms with Crippen LogP contribution in [0, 0.1) is 13.8 Å². The molecule has 0 aliphatic heterocycles. The van der Waals surface area contributed by atoms with Crippen LogP contribution in [0.4, 0.5) is 5.69 Å². The number of benzene rings is 1. The number of nitrogens with two attached hydrogens (primary N) is 1. The van der Waals surface area contributed by atoms with Crippen molar-refractivity contribution in [3.05, 3.63) is 34.6 Å². The maximum atomic E-state index is 5.85. The highest BCUT2D eigenvalue weighted by Gasteiger charge is 2.08. The van der Waals surface area contributed by atoms with E-state index in [0.717, 1.165) is 17.0 Å². The quantitative estimate of drug-likeness (QED) is 0.770. The average molecular weight is 235 g/mol. The molecule has 4 nitrogen and oxygen atoms in total. The third kappa shape index (κ3) is 1.97. The molecule has 0 amide bonds. The zero-order valence-electron chi connectivity index (χ0n) is 9.03. The zero-order valence-corrected chi connectivity index (χ0v) is 9.78. The molecule has 0 bridgehead atoms. The Morgan fingerprint density at radius 1 is 1.12 bits per heavy atom. The molecule has 0 atom stereocenters. The minimum absolute atomic E-state index is 0.525. The first-order chi connectivity index (χ1) is 7.58. The van der Waals surface area contributed by atoms with E-state index in [9.17, 15) is 0 Å². The number of aromatic nitrogens is 3. The van der Waals surface area contributed by atoms with Crippen molar-refractivity contribution >= 4 is 17.3 Å². The second kappa shape index (κ2) is 4.06. The lowest BCUT2D eigenvalue weighted by Gasteiger charge is -2.05. The van der Waals surface area contributed by atoms with E-state index in [4.69, 9.17) is 17.3 Å². The molecule has 0 fully saturated rings. The van der Waals surface area contributed by atoms with Gasteiger partial charge in [-0.3, -0.25) is 0 Å². The summed E-state index contributed by atoms with van der Waals surface area (Å²) in [5, 5.41) is 8.63. The summed E-state index contributed by atoms with van der Waals surface area (Å²) in [6.07, 6.45) is 0. The van der Waals surface area contributed by atoms with Crippen molar-refractivity contribution in [1.29, 1.82) is 0 Å². The molecule has 5 heteroatoms. The maximum Gasteiger partial charge on any atom is 0.184 e. The van der Waals surface area contributed by atoms with Crippen molar-refractivity contribution in [2.75, 3.05) is 5.73 Å². The second-order valence-electron chi connectivity index (χ2n) is 3.54. The van der Waals surface area contributed by atoms with Gasteiger partial charge in [0, 0.05) is 16.3 Å². The molecule has 16 heavy (non-hydrogen) atoms. The number of nitrogens with zero attached hydrogens (tertiary/aromatic N) is 3. The molecule has 2 aromatic rings. The van der Waals surface area contributed by atoms with E-state index < -0.39 is 0 Å². The molecule has 1 aromatic carbocycles. The molecule has 0 spiro atoms. The monoisotopic (exact) mass is 234 g/mol. The fourth-order valence-corrected chi connectivity index (χ4v) is 1.49. The van der Waals surface area contributed by atoms with Crippen molar-refractivity contribution in [2.45, 2.75) is 13.8 Å². The summed E-state index contributed by atoms with van der Waals surface area (Å²) in [5.41, 5.74) is 8.82. The predicted octanol–water partition coefficient (Wildman–Crippen LogP) is 2.39. The van der Waals surface area contributed by atoms with Gasteiger partial charge in [-0.2, -0.15) is 5.10 Å². The Labute approximate surface area is 98.5 Å². The van der Waals surface area contributed by atoms with E-state index in [1.54, 1.807) is 18.2 Å².